The molecule has 5 atom stereocenters. The summed E-state index contributed by atoms with van der Waals surface area (Å²) in [6.45, 7) is 2.40. The standard InChI is InChI=1S/C15H23ClN5O9PS/c1-6(2)4-32(27,28)15(31(24,25)26)29-3-7-9(22)10(23)13(30-7)21-5-18-8-11(17)19-14(16)20-12(8)21/h5-7,9-10,13,15,22-23H,3-4H2,1-2H3,(H2,17,19,20)(H2,24,25,26)/t7-,9-,10-,13-,15-/m1/s1. The molecule has 1 aliphatic rings. The first-order valence-electron chi connectivity index (χ1n) is 9.28. The van der Waals surface area contributed by atoms with Gasteiger partial charge in [0.15, 0.2) is 27.5 Å². The average molecular weight is 516 g/mol. The van der Waals surface area contributed by atoms with Crippen molar-refractivity contribution in [2.75, 3.05) is 18.1 Å². The third-order valence-corrected chi connectivity index (χ3v) is 9.12. The topological polar surface area (TPSA) is 220 Å². The fourth-order valence-electron chi connectivity index (χ4n) is 3.33. The number of anilines is 1. The van der Waals surface area contributed by atoms with E-state index < -0.39 is 65.4 Å². The number of halogens is 1. The molecule has 0 aromatic carbocycles. The summed E-state index contributed by atoms with van der Waals surface area (Å²) in [7, 11) is -9.57. The van der Waals surface area contributed by atoms with Crippen LogP contribution in [0.2, 0.25) is 5.28 Å². The third-order valence-electron chi connectivity index (χ3n) is 4.58. The minimum atomic E-state index is -5.22. The van der Waals surface area contributed by atoms with E-state index in [1.807, 2.05) is 0 Å². The van der Waals surface area contributed by atoms with Crippen molar-refractivity contribution in [3.05, 3.63) is 11.6 Å². The van der Waals surface area contributed by atoms with Gasteiger partial charge in [0, 0.05) is 0 Å². The van der Waals surface area contributed by atoms with E-state index in [1.165, 1.54) is 10.9 Å². The molecule has 2 aromatic rings. The Morgan fingerprint density at radius 3 is 2.56 bits per heavy atom. The number of ether oxygens (including phenoxy) is 2. The Morgan fingerprint density at radius 1 is 1.31 bits per heavy atom. The van der Waals surface area contributed by atoms with E-state index in [2.05, 4.69) is 15.0 Å². The molecule has 3 rings (SSSR count). The molecule has 17 heteroatoms. The van der Waals surface area contributed by atoms with Crippen molar-refractivity contribution in [3.8, 4) is 0 Å². The highest BCUT2D eigenvalue weighted by Crippen LogP contribution is 2.46. The molecule has 1 aliphatic heterocycles. The zero-order valence-corrected chi connectivity index (χ0v) is 19.4. The third kappa shape index (κ3) is 5.05. The molecular formula is C15H23ClN5O9PS. The van der Waals surface area contributed by atoms with Gasteiger partial charge in [-0.25, -0.2) is 13.4 Å². The smallest absolute Gasteiger partial charge is 0.369 e. The molecule has 0 aliphatic carbocycles. The number of aliphatic hydroxyl groups is 2. The first kappa shape index (κ1) is 25.2. The molecule has 0 unspecified atom stereocenters. The number of fused-ring (bicyclic) bond motifs is 1. The van der Waals surface area contributed by atoms with E-state index in [9.17, 15) is 33.0 Å². The maximum atomic E-state index is 12.4. The zero-order valence-electron chi connectivity index (χ0n) is 16.9. The van der Waals surface area contributed by atoms with E-state index in [0.29, 0.717) is 0 Å². The number of nitrogens with zero attached hydrogens (tertiary/aromatic N) is 4. The molecular weight excluding hydrogens is 493 g/mol. The van der Waals surface area contributed by atoms with Crippen LogP contribution in [0.25, 0.3) is 11.2 Å². The maximum absolute atomic E-state index is 12.4. The summed E-state index contributed by atoms with van der Waals surface area (Å²) >= 11 is 5.81. The Labute approximate surface area is 187 Å². The van der Waals surface area contributed by atoms with Gasteiger partial charge in [0.05, 0.1) is 18.7 Å². The predicted molar refractivity (Wildman–Crippen MR) is 111 cm³/mol. The lowest BCUT2D eigenvalue weighted by Gasteiger charge is -2.23. The van der Waals surface area contributed by atoms with E-state index in [0.717, 1.165) is 0 Å². The van der Waals surface area contributed by atoms with Crippen LogP contribution < -0.4 is 5.73 Å². The molecule has 0 bridgehead atoms. The normalized spacial score (nSPS) is 25.6. The number of nitrogen functional groups attached to an aromatic ring is 1. The Morgan fingerprint density at radius 2 is 1.97 bits per heavy atom. The van der Waals surface area contributed by atoms with Crippen molar-refractivity contribution >= 4 is 46.0 Å². The number of aliphatic hydroxyl groups excluding tert-OH is 2. The average Bonchev–Trinajstić information content (AvgIpc) is 3.15. The van der Waals surface area contributed by atoms with Crippen LogP contribution in [0.3, 0.4) is 0 Å². The van der Waals surface area contributed by atoms with Gasteiger partial charge in [0.25, 0.3) is 5.18 Å². The van der Waals surface area contributed by atoms with E-state index in [-0.39, 0.29) is 22.3 Å². The predicted octanol–water partition coefficient (Wildman–Crippen LogP) is -0.770. The van der Waals surface area contributed by atoms with Crippen LogP contribution in [0, 0.1) is 5.92 Å². The molecule has 2 aromatic heterocycles. The van der Waals surface area contributed by atoms with E-state index >= 15 is 0 Å². The molecule has 3 heterocycles. The maximum Gasteiger partial charge on any atom is 0.369 e. The highest BCUT2D eigenvalue weighted by molar-refractivity contribution is 7.98. The van der Waals surface area contributed by atoms with E-state index in [4.69, 9.17) is 26.8 Å². The molecule has 6 N–H and O–H groups in total. The number of imidazole rings is 1. The van der Waals surface area contributed by atoms with Crippen LogP contribution in [0.1, 0.15) is 20.1 Å². The van der Waals surface area contributed by atoms with Crippen LogP contribution in [-0.4, -0.2) is 83.8 Å². The number of aromatic nitrogens is 4. The number of sulfone groups is 1. The molecule has 14 nitrogen and oxygen atoms in total. The molecule has 32 heavy (non-hydrogen) atoms. The van der Waals surface area contributed by atoms with Crippen molar-refractivity contribution in [2.24, 2.45) is 5.92 Å². The van der Waals surface area contributed by atoms with Crippen LogP contribution in [0.5, 0.6) is 0 Å². The Kier molecular flexibility index (Phi) is 7.15. The van der Waals surface area contributed by atoms with Gasteiger partial charge in [0.2, 0.25) is 5.28 Å². The quantitative estimate of drug-likeness (QED) is 0.215. The minimum Gasteiger partial charge on any atom is -0.387 e. The summed E-state index contributed by atoms with van der Waals surface area (Å²) in [4.78, 5) is 30.7. The SMILES string of the molecule is CC(C)CS(=O)(=O)[C@H](OC[C@H]1O[C@@H](n2cnc3c(N)nc(Cl)nc32)[C@H](O)[C@@H]1O)P(=O)(O)O. The second kappa shape index (κ2) is 9.08. The Bertz CT molecular complexity index is 1140. The summed E-state index contributed by atoms with van der Waals surface area (Å²) in [5.41, 5.74) is 6.01. The lowest BCUT2D eigenvalue weighted by atomic mass is 10.1. The van der Waals surface area contributed by atoms with Gasteiger partial charge in [-0.3, -0.25) is 9.13 Å². The van der Waals surface area contributed by atoms with E-state index in [1.54, 1.807) is 13.8 Å². The molecule has 180 valence electrons. The van der Waals surface area contributed by atoms with Crippen molar-refractivity contribution in [2.45, 2.75) is 43.6 Å². The van der Waals surface area contributed by atoms with Crippen molar-refractivity contribution in [1.82, 2.24) is 19.5 Å². The first-order chi connectivity index (χ1) is 14.7. The molecule has 0 amide bonds. The highest BCUT2D eigenvalue weighted by Gasteiger charge is 2.47. The lowest BCUT2D eigenvalue weighted by Crippen LogP contribution is -2.37. The fraction of sp³-hybridized carbons (Fsp3) is 0.667. The summed E-state index contributed by atoms with van der Waals surface area (Å²) in [5, 5.41) is 18.2. The Balaban J connectivity index is 1.82. The molecule has 1 saturated heterocycles. The monoisotopic (exact) mass is 515 g/mol. The van der Waals surface area contributed by atoms with Crippen molar-refractivity contribution < 1.29 is 42.5 Å². The first-order valence-corrected chi connectivity index (χ1v) is 13.1. The van der Waals surface area contributed by atoms with Gasteiger partial charge in [-0.15, -0.1) is 0 Å². The zero-order chi connectivity index (χ0) is 24.0. The molecule has 0 saturated carbocycles. The molecule has 0 radical (unpaired) electrons. The van der Waals surface area contributed by atoms with Gasteiger partial charge >= 0.3 is 7.60 Å². The van der Waals surface area contributed by atoms with Gasteiger partial charge in [-0.1, -0.05) is 13.8 Å². The summed E-state index contributed by atoms with van der Waals surface area (Å²) < 4.78 is 48.4. The summed E-state index contributed by atoms with van der Waals surface area (Å²) in [6, 6.07) is 0. The fourth-order valence-corrected chi connectivity index (χ4v) is 7.09. The molecule has 0 spiro atoms. The Hall–Kier alpha value is -1.42. The number of rotatable bonds is 8. The van der Waals surface area contributed by atoms with Crippen LogP contribution in [0.4, 0.5) is 5.82 Å². The summed E-state index contributed by atoms with van der Waals surface area (Å²) in [5.74, 6) is -0.954. The van der Waals surface area contributed by atoms with Crippen molar-refractivity contribution in [3.63, 3.8) is 0 Å². The molecule has 1 fully saturated rings. The number of hydrogen-bond donors (Lipinski definition) is 5. The van der Waals surface area contributed by atoms with Gasteiger partial charge in [-0.2, -0.15) is 9.97 Å². The highest BCUT2D eigenvalue weighted by atomic mass is 35.5. The van der Waals surface area contributed by atoms with Gasteiger partial charge in [0.1, 0.15) is 23.8 Å². The van der Waals surface area contributed by atoms with Crippen LogP contribution in [0.15, 0.2) is 6.33 Å². The van der Waals surface area contributed by atoms with Crippen molar-refractivity contribution in [1.29, 1.82) is 0 Å². The summed E-state index contributed by atoms with van der Waals surface area (Å²) in [6.07, 6.45) is -4.49. The van der Waals surface area contributed by atoms with Crippen LogP contribution >= 0.6 is 19.2 Å². The second-order valence-corrected chi connectivity index (χ2v) is 12.1. The van der Waals surface area contributed by atoms with Gasteiger partial charge in [-0.05, 0) is 17.5 Å². The second-order valence-electron chi connectivity index (χ2n) is 7.70. The minimum absolute atomic E-state index is 0.0217. The van der Waals surface area contributed by atoms with Gasteiger partial charge < -0.3 is 35.2 Å². The lowest BCUT2D eigenvalue weighted by molar-refractivity contribution is -0.0648. The number of hydrogen-bond acceptors (Lipinski definition) is 11. The number of nitrogens with two attached hydrogens (primary N) is 1. The largest absolute Gasteiger partial charge is 0.387 e. The van der Waals surface area contributed by atoms with Crippen LogP contribution in [-0.2, 0) is 23.9 Å².